The average molecular weight is 568 g/mol. The molecule has 0 N–H and O–H groups in total. The first-order chi connectivity index (χ1) is 19.9. The van der Waals surface area contributed by atoms with E-state index in [9.17, 15) is 19.7 Å². The van der Waals surface area contributed by atoms with Gasteiger partial charge in [-0.05, 0) is 54.0 Å². The van der Waals surface area contributed by atoms with Crippen molar-refractivity contribution in [1.82, 2.24) is 4.57 Å². The van der Waals surface area contributed by atoms with Gasteiger partial charge in [0.25, 0.3) is 11.2 Å². The zero-order valence-corrected chi connectivity index (χ0v) is 22.9. The molecule has 9 nitrogen and oxygen atoms in total. The number of fused-ring (bicyclic) bond motifs is 1. The van der Waals surface area contributed by atoms with Crippen molar-refractivity contribution >= 4 is 29.1 Å². The number of hydrogen-bond donors (Lipinski definition) is 0. The summed E-state index contributed by atoms with van der Waals surface area (Å²) >= 11 is 1.18. The first-order valence-electron chi connectivity index (χ1n) is 12.7. The molecule has 0 saturated heterocycles. The summed E-state index contributed by atoms with van der Waals surface area (Å²) < 4.78 is 13.2. The summed E-state index contributed by atoms with van der Waals surface area (Å²) in [5.41, 5.74) is 2.64. The molecule has 0 bridgehead atoms. The molecule has 0 saturated carbocycles. The van der Waals surface area contributed by atoms with Gasteiger partial charge in [0.2, 0.25) is 0 Å². The summed E-state index contributed by atoms with van der Waals surface area (Å²) in [6.45, 7) is 5.73. The lowest BCUT2D eigenvalue weighted by Gasteiger charge is -2.24. The van der Waals surface area contributed by atoms with Gasteiger partial charge in [-0.15, -0.1) is 0 Å². The summed E-state index contributed by atoms with van der Waals surface area (Å²) in [5, 5.41) is 11.0. The number of ether oxygens (including phenoxy) is 2. The van der Waals surface area contributed by atoms with Crippen LogP contribution in [0.2, 0.25) is 0 Å². The van der Waals surface area contributed by atoms with E-state index in [0.717, 1.165) is 5.56 Å². The smallest absolute Gasteiger partial charge is 0.338 e. The van der Waals surface area contributed by atoms with Crippen LogP contribution < -0.4 is 19.6 Å². The predicted molar refractivity (Wildman–Crippen MR) is 155 cm³/mol. The molecule has 41 heavy (non-hydrogen) atoms. The third-order valence-corrected chi connectivity index (χ3v) is 7.40. The minimum Gasteiger partial charge on any atom is -0.489 e. The zero-order valence-electron chi connectivity index (χ0n) is 22.1. The van der Waals surface area contributed by atoms with Gasteiger partial charge >= 0.3 is 5.97 Å². The first-order valence-corrected chi connectivity index (χ1v) is 13.5. The van der Waals surface area contributed by atoms with Crippen molar-refractivity contribution in [3.63, 3.8) is 0 Å². The van der Waals surface area contributed by atoms with Gasteiger partial charge in [-0.3, -0.25) is 19.5 Å². The minimum atomic E-state index is -0.786. The van der Waals surface area contributed by atoms with Crippen LogP contribution in [0.5, 0.6) is 5.75 Å². The number of thiazole rings is 1. The molecule has 3 aromatic carbocycles. The summed E-state index contributed by atoms with van der Waals surface area (Å²) in [6, 6.07) is 22.1. The normalized spacial score (nSPS) is 14.7. The Hall–Kier alpha value is -5.09. The Kier molecular flexibility index (Phi) is 8.02. The number of non-ortho nitro benzene ring substituents is 1. The molecule has 1 aromatic heterocycles. The molecule has 0 radical (unpaired) electrons. The molecule has 5 rings (SSSR count). The van der Waals surface area contributed by atoms with E-state index in [1.807, 2.05) is 42.5 Å². The fourth-order valence-corrected chi connectivity index (χ4v) is 5.49. The fourth-order valence-electron chi connectivity index (χ4n) is 4.44. The van der Waals surface area contributed by atoms with E-state index in [1.54, 1.807) is 37.3 Å². The molecule has 0 spiro atoms. The minimum absolute atomic E-state index is 0.0131. The largest absolute Gasteiger partial charge is 0.489 e. The highest BCUT2D eigenvalue weighted by Gasteiger charge is 2.33. The number of nitro groups is 1. The van der Waals surface area contributed by atoms with Crippen LogP contribution in [-0.4, -0.2) is 22.1 Å². The summed E-state index contributed by atoms with van der Waals surface area (Å²) in [7, 11) is 0. The molecule has 2 heterocycles. The van der Waals surface area contributed by atoms with Crippen molar-refractivity contribution in [3.05, 3.63) is 149 Å². The van der Waals surface area contributed by atoms with E-state index in [0.29, 0.717) is 38.5 Å². The second-order valence-electron chi connectivity index (χ2n) is 9.16. The fraction of sp³-hybridized carbons (Fsp3) is 0.129. The Morgan fingerprint density at radius 2 is 1.80 bits per heavy atom. The Bertz CT molecular complexity index is 1820. The number of allylic oxidation sites excluding steroid dienone is 1. The van der Waals surface area contributed by atoms with E-state index in [2.05, 4.69) is 11.6 Å². The van der Waals surface area contributed by atoms with Gasteiger partial charge in [-0.25, -0.2) is 9.79 Å². The van der Waals surface area contributed by atoms with Crippen molar-refractivity contribution in [2.75, 3.05) is 6.61 Å². The molecule has 1 aliphatic heterocycles. The molecule has 1 atom stereocenters. The number of nitrogens with zero attached hydrogens (tertiary/aromatic N) is 3. The number of hydrogen-bond acceptors (Lipinski definition) is 8. The van der Waals surface area contributed by atoms with Gasteiger partial charge in [0, 0.05) is 12.1 Å². The maximum atomic E-state index is 13.8. The number of carbonyl (C=O) groups is 1. The Balaban J connectivity index is 1.55. The second-order valence-corrected chi connectivity index (χ2v) is 10.2. The van der Waals surface area contributed by atoms with Gasteiger partial charge in [0.1, 0.15) is 19.0 Å². The predicted octanol–water partition coefficient (Wildman–Crippen LogP) is 4.45. The topological polar surface area (TPSA) is 113 Å². The van der Waals surface area contributed by atoms with Crippen molar-refractivity contribution in [1.29, 1.82) is 0 Å². The number of rotatable bonds is 9. The van der Waals surface area contributed by atoms with E-state index in [-0.39, 0.29) is 23.4 Å². The maximum absolute atomic E-state index is 13.8. The lowest BCUT2D eigenvalue weighted by Crippen LogP contribution is -2.39. The van der Waals surface area contributed by atoms with Crippen LogP contribution in [0.3, 0.4) is 0 Å². The third kappa shape index (κ3) is 5.92. The number of esters is 1. The summed E-state index contributed by atoms with van der Waals surface area (Å²) in [6.07, 6.45) is 3.13. The number of benzene rings is 3. The molecule has 1 unspecified atom stereocenters. The van der Waals surface area contributed by atoms with E-state index >= 15 is 0 Å². The first kappa shape index (κ1) is 27.5. The molecule has 206 valence electrons. The molecular formula is C31H25N3O6S. The molecule has 10 heteroatoms. The highest BCUT2D eigenvalue weighted by Crippen LogP contribution is 2.31. The van der Waals surface area contributed by atoms with Crippen LogP contribution in [0, 0.1) is 10.1 Å². The van der Waals surface area contributed by atoms with E-state index in [1.165, 1.54) is 34.1 Å². The van der Waals surface area contributed by atoms with Crippen LogP contribution in [0.4, 0.5) is 5.69 Å². The summed E-state index contributed by atoms with van der Waals surface area (Å²) in [5.74, 6) is 0.0462. The van der Waals surface area contributed by atoms with Crippen molar-refractivity contribution < 1.29 is 19.2 Å². The Morgan fingerprint density at radius 1 is 1.10 bits per heavy atom. The van der Waals surface area contributed by atoms with E-state index in [4.69, 9.17) is 9.47 Å². The van der Waals surface area contributed by atoms with Gasteiger partial charge in [-0.2, -0.15) is 0 Å². The van der Waals surface area contributed by atoms with Gasteiger partial charge in [0.05, 0.1) is 26.8 Å². The molecular weight excluding hydrogens is 542 g/mol. The highest BCUT2D eigenvalue weighted by atomic mass is 32.1. The van der Waals surface area contributed by atoms with Crippen LogP contribution in [0.25, 0.3) is 6.08 Å². The Morgan fingerprint density at radius 3 is 2.46 bits per heavy atom. The van der Waals surface area contributed by atoms with Gasteiger partial charge in [0.15, 0.2) is 4.80 Å². The molecule has 0 aliphatic carbocycles. The summed E-state index contributed by atoms with van der Waals surface area (Å²) in [4.78, 5) is 42.5. The number of carbonyl (C=O) groups excluding carboxylic acids is 1. The molecule has 0 fully saturated rings. The lowest BCUT2D eigenvalue weighted by molar-refractivity contribution is -0.384. The zero-order chi connectivity index (χ0) is 28.9. The van der Waals surface area contributed by atoms with Gasteiger partial charge < -0.3 is 9.47 Å². The molecule has 4 aromatic rings. The van der Waals surface area contributed by atoms with Crippen molar-refractivity contribution in [2.45, 2.75) is 19.6 Å². The van der Waals surface area contributed by atoms with E-state index < -0.39 is 16.9 Å². The Labute approximate surface area is 238 Å². The standard InChI is InChI=1S/C31H25N3O6S/c1-3-17-39-30(36)27-20(2)32-31-33(29(35)26(41-31)18-21-9-13-24(14-10-21)34(37)38)28(27)23-11-15-25(16-12-23)40-19-22-7-5-4-6-8-22/h3-16,18,28H,1,17,19H2,2H3/b26-18-. The molecule has 1 aliphatic rings. The third-order valence-electron chi connectivity index (χ3n) is 6.42. The van der Waals surface area contributed by atoms with Crippen LogP contribution >= 0.6 is 11.3 Å². The van der Waals surface area contributed by atoms with Crippen LogP contribution in [0.15, 0.2) is 113 Å². The SMILES string of the molecule is C=CCOC(=O)C1=C(C)N=c2s/c(=C\c3ccc([N+](=O)[O-])cc3)c(=O)n2C1c1ccc(OCc2ccccc2)cc1. The highest BCUT2D eigenvalue weighted by molar-refractivity contribution is 7.07. The maximum Gasteiger partial charge on any atom is 0.338 e. The monoisotopic (exact) mass is 567 g/mol. The average Bonchev–Trinajstić information content (AvgIpc) is 3.29. The quantitative estimate of drug-likeness (QED) is 0.128. The van der Waals surface area contributed by atoms with Crippen LogP contribution in [0.1, 0.15) is 29.7 Å². The van der Waals surface area contributed by atoms with Crippen molar-refractivity contribution in [2.24, 2.45) is 4.99 Å². The van der Waals surface area contributed by atoms with Gasteiger partial charge in [-0.1, -0.05) is 66.5 Å². The van der Waals surface area contributed by atoms with Crippen LogP contribution in [-0.2, 0) is 16.1 Å². The lowest BCUT2D eigenvalue weighted by atomic mass is 9.96. The second kappa shape index (κ2) is 12.0. The number of aromatic nitrogens is 1. The number of nitro benzene ring substituents is 1. The molecule has 0 amide bonds. The van der Waals surface area contributed by atoms with Crippen molar-refractivity contribution in [3.8, 4) is 5.75 Å².